The predicted octanol–water partition coefficient (Wildman–Crippen LogP) is 5.32. The largest absolute Gasteiger partial charge is 0.365 e. The van der Waals surface area contributed by atoms with Crippen LogP contribution in [-0.2, 0) is 23.0 Å². The number of nitrogens with one attached hydrogen (secondary N) is 1. The third kappa shape index (κ3) is 4.48. The zero-order valence-electron chi connectivity index (χ0n) is 17.5. The van der Waals surface area contributed by atoms with Crippen LogP contribution in [0.4, 0.5) is 5.69 Å². The summed E-state index contributed by atoms with van der Waals surface area (Å²) in [6.07, 6.45) is 0.659. The van der Waals surface area contributed by atoms with Gasteiger partial charge in [-0.1, -0.05) is 60.7 Å². The Balaban J connectivity index is 1.47. The number of fused-ring (bicyclic) bond motifs is 1. The molecule has 1 unspecified atom stereocenters. The highest BCUT2D eigenvalue weighted by atomic mass is 32.2. The molecule has 0 radical (unpaired) electrons. The summed E-state index contributed by atoms with van der Waals surface area (Å²) in [4.78, 5) is 3.80. The molecule has 1 aromatic heterocycles. The SMILES string of the molecule is O=S(=O)(NC1Cc2cc(-c3cccs3)ccc2N(Cc2ccccc2)C1)c1ccccc1. The number of sulfonamides is 1. The maximum absolute atomic E-state index is 13.0. The highest BCUT2D eigenvalue weighted by molar-refractivity contribution is 7.89. The Labute approximate surface area is 193 Å². The lowest BCUT2D eigenvalue weighted by Crippen LogP contribution is -2.48. The van der Waals surface area contributed by atoms with Crippen molar-refractivity contribution in [2.45, 2.75) is 23.9 Å². The van der Waals surface area contributed by atoms with Gasteiger partial charge in [0.05, 0.1) is 4.90 Å². The van der Waals surface area contributed by atoms with E-state index in [1.54, 1.807) is 35.6 Å². The second kappa shape index (κ2) is 8.90. The molecule has 0 fully saturated rings. The highest BCUT2D eigenvalue weighted by Crippen LogP contribution is 2.34. The van der Waals surface area contributed by atoms with E-state index in [2.05, 4.69) is 57.5 Å². The van der Waals surface area contributed by atoms with E-state index in [4.69, 9.17) is 0 Å². The number of anilines is 1. The molecule has 4 nitrogen and oxygen atoms in total. The predicted molar refractivity (Wildman–Crippen MR) is 132 cm³/mol. The Hall–Kier alpha value is -2.93. The first-order chi connectivity index (χ1) is 15.6. The Morgan fingerprint density at radius 1 is 0.906 bits per heavy atom. The second-order valence-corrected chi connectivity index (χ2v) is 10.7. The summed E-state index contributed by atoms with van der Waals surface area (Å²) in [7, 11) is -3.59. The molecule has 1 aliphatic heterocycles. The van der Waals surface area contributed by atoms with Crippen molar-refractivity contribution >= 4 is 27.0 Å². The van der Waals surface area contributed by atoms with Crippen molar-refractivity contribution in [2.75, 3.05) is 11.4 Å². The van der Waals surface area contributed by atoms with Gasteiger partial charge in [0.15, 0.2) is 0 Å². The van der Waals surface area contributed by atoms with E-state index in [-0.39, 0.29) is 6.04 Å². The summed E-state index contributed by atoms with van der Waals surface area (Å²) in [5.74, 6) is 0. The summed E-state index contributed by atoms with van der Waals surface area (Å²) >= 11 is 1.71. The van der Waals surface area contributed by atoms with Crippen LogP contribution < -0.4 is 9.62 Å². The molecule has 32 heavy (non-hydrogen) atoms. The molecule has 0 aliphatic carbocycles. The lowest BCUT2D eigenvalue weighted by Gasteiger charge is -2.36. The minimum Gasteiger partial charge on any atom is -0.365 e. The molecule has 1 atom stereocenters. The van der Waals surface area contributed by atoms with Crippen LogP contribution in [0, 0.1) is 0 Å². The summed E-state index contributed by atoms with van der Waals surface area (Å²) in [5, 5.41) is 2.08. The molecule has 0 saturated carbocycles. The molecular formula is C26H24N2O2S2. The Kier molecular flexibility index (Phi) is 5.83. The molecule has 3 aromatic carbocycles. The van der Waals surface area contributed by atoms with Crippen LogP contribution in [0.2, 0.25) is 0 Å². The molecule has 0 amide bonds. The van der Waals surface area contributed by atoms with Crippen molar-refractivity contribution in [3.63, 3.8) is 0 Å². The minimum absolute atomic E-state index is 0.213. The fourth-order valence-electron chi connectivity index (χ4n) is 4.27. The summed E-state index contributed by atoms with van der Waals surface area (Å²) < 4.78 is 29.0. The van der Waals surface area contributed by atoms with E-state index in [1.165, 1.54) is 27.3 Å². The lowest BCUT2D eigenvalue weighted by atomic mass is 9.95. The average Bonchev–Trinajstić information content (AvgIpc) is 3.35. The number of nitrogens with zero attached hydrogens (tertiary/aromatic N) is 1. The summed E-state index contributed by atoms with van der Waals surface area (Å²) in [6, 6.07) is 29.4. The van der Waals surface area contributed by atoms with Gasteiger partial charge in [-0.25, -0.2) is 13.1 Å². The molecule has 0 saturated heterocycles. The number of rotatable bonds is 6. The van der Waals surface area contributed by atoms with Crippen molar-refractivity contribution in [3.8, 4) is 10.4 Å². The number of hydrogen-bond acceptors (Lipinski definition) is 4. The quantitative estimate of drug-likeness (QED) is 0.423. The van der Waals surface area contributed by atoms with Gasteiger partial charge in [0.1, 0.15) is 0 Å². The van der Waals surface area contributed by atoms with Crippen LogP contribution in [0.3, 0.4) is 0 Å². The monoisotopic (exact) mass is 460 g/mol. The molecule has 0 bridgehead atoms. The van der Waals surface area contributed by atoms with Crippen LogP contribution in [-0.4, -0.2) is 21.0 Å². The van der Waals surface area contributed by atoms with E-state index < -0.39 is 10.0 Å². The number of benzene rings is 3. The maximum atomic E-state index is 13.0. The van der Waals surface area contributed by atoms with E-state index >= 15 is 0 Å². The molecule has 162 valence electrons. The van der Waals surface area contributed by atoms with Crippen molar-refractivity contribution in [2.24, 2.45) is 0 Å². The van der Waals surface area contributed by atoms with Crippen LogP contribution in [0.5, 0.6) is 0 Å². The van der Waals surface area contributed by atoms with Crippen LogP contribution in [0.1, 0.15) is 11.1 Å². The molecule has 5 rings (SSSR count). The Morgan fingerprint density at radius 2 is 1.66 bits per heavy atom. The Morgan fingerprint density at radius 3 is 2.38 bits per heavy atom. The average molecular weight is 461 g/mol. The van der Waals surface area contributed by atoms with Crippen LogP contribution in [0.15, 0.2) is 101 Å². The summed E-state index contributed by atoms with van der Waals surface area (Å²) in [6.45, 7) is 1.35. The van der Waals surface area contributed by atoms with Gasteiger partial charge in [0.2, 0.25) is 10.0 Å². The third-order valence-corrected chi connectivity index (χ3v) is 8.18. The molecule has 1 aliphatic rings. The Bertz CT molecular complexity index is 1290. The van der Waals surface area contributed by atoms with E-state index in [0.29, 0.717) is 17.9 Å². The normalized spacial score (nSPS) is 16.0. The van der Waals surface area contributed by atoms with Gasteiger partial charge in [-0.15, -0.1) is 11.3 Å². The van der Waals surface area contributed by atoms with Gasteiger partial charge in [-0.05, 0) is 58.8 Å². The maximum Gasteiger partial charge on any atom is 0.240 e. The van der Waals surface area contributed by atoms with E-state index in [9.17, 15) is 8.42 Å². The van der Waals surface area contributed by atoms with Gasteiger partial charge in [-0.2, -0.15) is 0 Å². The number of hydrogen-bond donors (Lipinski definition) is 1. The molecular weight excluding hydrogens is 436 g/mol. The molecule has 2 heterocycles. The second-order valence-electron chi connectivity index (χ2n) is 8.02. The topological polar surface area (TPSA) is 49.4 Å². The zero-order chi connectivity index (χ0) is 22.0. The smallest absolute Gasteiger partial charge is 0.240 e. The first-order valence-corrected chi connectivity index (χ1v) is 13.0. The lowest BCUT2D eigenvalue weighted by molar-refractivity contribution is 0.524. The van der Waals surface area contributed by atoms with Crippen molar-refractivity contribution < 1.29 is 8.42 Å². The van der Waals surface area contributed by atoms with Crippen molar-refractivity contribution in [3.05, 3.63) is 108 Å². The van der Waals surface area contributed by atoms with Gasteiger partial charge < -0.3 is 4.90 Å². The molecule has 4 aromatic rings. The molecule has 6 heteroatoms. The first-order valence-electron chi connectivity index (χ1n) is 10.6. The summed E-state index contributed by atoms with van der Waals surface area (Å²) in [5.41, 5.74) is 4.71. The fraction of sp³-hybridized carbons (Fsp3) is 0.154. The highest BCUT2D eigenvalue weighted by Gasteiger charge is 2.28. The van der Waals surface area contributed by atoms with Crippen molar-refractivity contribution in [1.29, 1.82) is 0 Å². The van der Waals surface area contributed by atoms with Gasteiger partial charge in [0, 0.05) is 29.7 Å². The van der Waals surface area contributed by atoms with Crippen molar-refractivity contribution in [1.82, 2.24) is 4.72 Å². The van der Waals surface area contributed by atoms with E-state index in [0.717, 1.165) is 6.54 Å². The van der Waals surface area contributed by atoms with Gasteiger partial charge in [0.25, 0.3) is 0 Å². The van der Waals surface area contributed by atoms with E-state index in [1.807, 2.05) is 24.3 Å². The first kappa shape index (κ1) is 20.9. The molecule has 0 spiro atoms. The fourth-order valence-corrected chi connectivity index (χ4v) is 6.24. The standard InChI is InChI=1S/C26H24N2O2S2/c29-32(30,24-10-5-2-6-11-24)27-23-17-22-16-21(26-12-7-15-31-26)13-14-25(22)28(19-23)18-20-8-3-1-4-9-20/h1-16,23,27H,17-19H2. The minimum atomic E-state index is -3.59. The third-order valence-electron chi connectivity index (χ3n) is 5.72. The molecule has 1 N–H and O–H groups in total. The van der Waals surface area contributed by atoms with Crippen LogP contribution >= 0.6 is 11.3 Å². The number of thiophene rings is 1. The van der Waals surface area contributed by atoms with Gasteiger partial charge >= 0.3 is 0 Å². The zero-order valence-corrected chi connectivity index (χ0v) is 19.1. The van der Waals surface area contributed by atoms with Crippen LogP contribution in [0.25, 0.3) is 10.4 Å². The van der Waals surface area contributed by atoms with Gasteiger partial charge in [-0.3, -0.25) is 0 Å².